The molecule has 1 heteroatoms. The maximum Gasteiger partial charge on any atom is 0.0871 e. The molecule has 0 heterocycles. The van der Waals surface area contributed by atoms with E-state index >= 15 is 0 Å². The Labute approximate surface area is 249 Å². The van der Waals surface area contributed by atoms with Crippen molar-refractivity contribution in [2.24, 2.45) is 28.1 Å². The van der Waals surface area contributed by atoms with E-state index in [0.717, 1.165) is 6.42 Å². The van der Waals surface area contributed by atoms with E-state index in [1.54, 1.807) is 0 Å². The van der Waals surface area contributed by atoms with E-state index in [1.165, 1.54) is 42.4 Å². The van der Waals surface area contributed by atoms with Gasteiger partial charge in [0, 0.05) is 7.11 Å². The Hall–Kier alpha value is -1.60. The Kier molecular flexibility index (Phi) is 11.4. The van der Waals surface area contributed by atoms with E-state index in [0.29, 0.717) is 17.8 Å². The largest absolute Gasteiger partial charge is 0.374 e. The highest BCUT2D eigenvalue weighted by Gasteiger charge is 2.55. The van der Waals surface area contributed by atoms with Gasteiger partial charge >= 0.3 is 0 Å². The van der Waals surface area contributed by atoms with Crippen molar-refractivity contribution in [2.45, 2.75) is 139 Å². The number of ether oxygens (including phenoxy) is 1. The van der Waals surface area contributed by atoms with E-state index < -0.39 is 0 Å². The third-order valence-corrected chi connectivity index (χ3v) is 12.4. The fraction of sp³-hybridized carbons (Fsp3) is 0.692. The van der Waals surface area contributed by atoms with Crippen molar-refractivity contribution in [1.29, 1.82) is 0 Å². The molecule has 0 saturated heterocycles. The molecule has 0 spiro atoms. The lowest BCUT2D eigenvalue weighted by atomic mass is 9.45. The Bertz CT molecular complexity index is 1050. The molecule has 0 N–H and O–H groups in total. The van der Waals surface area contributed by atoms with E-state index in [2.05, 4.69) is 145 Å². The summed E-state index contributed by atoms with van der Waals surface area (Å²) in [6.45, 7) is 31.8. The number of hydrogen-bond donors (Lipinski definition) is 0. The second kappa shape index (κ2) is 13.1. The molecule has 0 aromatic heterocycles. The number of rotatable bonds is 15. The van der Waals surface area contributed by atoms with Crippen molar-refractivity contribution in [3.63, 3.8) is 0 Å². The van der Waals surface area contributed by atoms with Gasteiger partial charge in [0.25, 0.3) is 0 Å². The van der Waals surface area contributed by atoms with Gasteiger partial charge in [-0.1, -0.05) is 150 Å². The third-order valence-electron chi connectivity index (χ3n) is 12.4. The lowest BCUT2D eigenvalue weighted by Gasteiger charge is -2.59. The molecule has 0 saturated carbocycles. The van der Waals surface area contributed by atoms with Crippen LogP contribution in [-0.2, 0) is 15.8 Å². The summed E-state index contributed by atoms with van der Waals surface area (Å²) >= 11 is 0. The summed E-state index contributed by atoms with van der Waals surface area (Å²) in [4.78, 5) is 0. The molecule has 2 rings (SSSR count). The Morgan fingerprint density at radius 3 is 1.77 bits per heavy atom. The number of benzene rings is 2. The summed E-state index contributed by atoms with van der Waals surface area (Å²) in [6, 6.07) is 20.7. The number of hydrogen-bond acceptors (Lipinski definition) is 1. The first-order valence-electron chi connectivity index (χ1n) is 16.2. The van der Waals surface area contributed by atoms with Gasteiger partial charge < -0.3 is 4.74 Å². The molecule has 0 amide bonds. The molecule has 5 unspecified atom stereocenters. The summed E-state index contributed by atoms with van der Waals surface area (Å²) in [7, 11) is 1.82. The number of methoxy groups -OCH3 is 1. The van der Waals surface area contributed by atoms with Gasteiger partial charge in [0.2, 0.25) is 0 Å². The summed E-state index contributed by atoms with van der Waals surface area (Å²) in [6.07, 6.45) is 5.95. The van der Waals surface area contributed by atoms with Crippen molar-refractivity contribution >= 4 is 0 Å². The minimum atomic E-state index is -0.294. The monoisotopic (exact) mass is 548 g/mol. The van der Waals surface area contributed by atoms with E-state index in [1.807, 2.05) is 7.11 Å². The van der Waals surface area contributed by atoms with Crippen LogP contribution in [0.2, 0.25) is 0 Å². The van der Waals surface area contributed by atoms with Crippen LogP contribution in [0.15, 0.2) is 54.6 Å². The van der Waals surface area contributed by atoms with Crippen LogP contribution in [0.4, 0.5) is 0 Å². The summed E-state index contributed by atoms with van der Waals surface area (Å²) in [5, 5.41) is 0. The second-order valence-corrected chi connectivity index (χ2v) is 15.1. The van der Waals surface area contributed by atoms with Crippen LogP contribution < -0.4 is 0 Å². The average Bonchev–Trinajstić information content (AvgIpc) is 2.95. The molecule has 0 aliphatic rings. The van der Waals surface area contributed by atoms with Crippen LogP contribution in [-0.4, -0.2) is 7.11 Å². The third kappa shape index (κ3) is 6.72. The van der Waals surface area contributed by atoms with Crippen molar-refractivity contribution < 1.29 is 4.74 Å². The van der Waals surface area contributed by atoms with Crippen LogP contribution in [0.3, 0.4) is 0 Å². The maximum atomic E-state index is 5.87. The van der Waals surface area contributed by atoms with E-state index in [9.17, 15) is 0 Å². The summed E-state index contributed by atoms with van der Waals surface area (Å²) in [5.74, 6) is 1.70. The predicted octanol–water partition coefficient (Wildman–Crippen LogP) is 12.0. The first-order valence-corrected chi connectivity index (χ1v) is 16.2. The van der Waals surface area contributed by atoms with Crippen LogP contribution >= 0.6 is 0 Å². The zero-order valence-corrected chi connectivity index (χ0v) is 28.9. The van der Waals surface area contributed by atoms with E-state index in [-0.39, 0.29) is 27.3 Å². The van der Waals surface area contributed by atoms with Gasteiger partial charge in [0.15, 0.2) is 0 Å². The molecule has 0 bridgehead atoms. The fourth-order valence-corrected chi connectivity index (χ4v) is 7.43. The fourth-order valence-electron chi connectivity index (χ4n) is 7.43. The standard InChI is InChI=1S/C39H64O/c1-15-30(6)37(11,16-2)28-39(13,32-23-19-18-20-24-32)36(9,10)38(12,17-3)27-34(29(4)5)31-22-21-25-33(26-31)35(7,8)40-14/h18-26,29-30,34H,15-17,27-28H2,1-14H3. The molecule has 0 fully saturated rings. The normalized spacial score (nSPS) is 19.0. The molecule has 2 aromatic rings. The zero-order valence-electron chi connectivity index (χ0n) is 28.9. The minimum absolute atomic E-state index is 0.0224. The van der Waals surface area contributed by atoms with Gasteiger partial charge in [0.1, 0.15) is 0 Å². The predicted molar refractivity (Wildman–Crippen MR) is 177 cm³/mol. The SMILES string of the molecule is CCC(C)C(C)(CC)CC(C)(c1ccccc1)C(C)(C)C(C)(CC)CC(c1cccc(C(C)(C)OC)c1)C(C)C. The molecular weight excluding hydrogens is 484 g/mol. The molecule has 2 aromatic carbocycles. The lowest BCUT2D eigenvalue weighted by molar-refractivity contribution is -0.0425. The molecule has 40 heavy (non-hydrogen) atoms. The van der Waals surface area contributed by atoms with Gasteiger partial charge in [-0.2, -0.15) is 0 Å². The summed E-state index contributed by atoms with van der Waals surface area (Å²) in [5.41, 5.74) is 4.39. The molecular formula is C39H64O. The topological polar surface area (TPSA) is 9.23 Å². The Morgan fingerprint density at radius 2 is 1.30 bits per heavy atom. The maximum absolute atomic E-state index is 5.87. The van der Waals surface area contributed by atoms with Gasteiger partial charge in [0.05, 0.1) is 5.60 Å². The van der Waals surface area contributed by atoms with Crippen molar-refractivity contribution in [3.8, 4) is 0 Å². The highest BCUT2D eigenvalue weighted by atomic mass is 16.5. The zero-order chi connectivity index (χ0) is 30.6. The van der Waals surface area contributed by atoms with Crippen molar-refractivity contribution in [1.82, 2.24) is 0 Å². The Morgan fingerprint density at radius 1 is 0.725 bits per heavy atom. The smallest absolute Gasteiger partial charge is 0.0871 e. The van der Waals surface area contributed by atoms with Gasteiger partial charge in [-0.15, -0.1) is 0 Å². The average molecular weight is 549 g/mol. The second-order valence-electron chi connectivity index (χ2n) is 15.1. The molecule has 0 radical (unpaired) electrons. The van der Waals surface area contributed by atoms with Gasteiger partial charge in [-0.05, 0) is 82.8 Å². The van der Waals surface area contributed by atoms with Gasteiger partial charge in [-0.3, -0.25) is 0 Å². The van der Waals surface area contributed by atoms with Crippen LogP contribution in [0.5, 0.6) is 0 Å². The molecule has 1 nitrogen and oxygen atoms in total. The molecule has 0 aliphatic carbocycles. The summed E-state index contributed by atoms with van der Waals surface area (Å²) < 4.78 is 5.87. The quantitative estimate of drug-likeness (QED) is 0.215. The first kappa shape index (κ1) is 34.6. The van der Waals surface area contributed by atoms with Crippen molar-refractivity contribution in [3.05, 3.63) is 71.3 Å². The van der Waals surface area contributed by atoms with Crippen molar-refractivity contribution in [2.75, 3.05) is 7.11 Å². The molecule has 5 atom stereocenters. The molecule has 226 valence electrons. The van der Waals surface area contributed by atoms with Crippen LogP contribution in [0, 0.1) is 28.1 Å². The lowest BCUT2D eigenvalue weighted by Crippen LogP contribution is -2.53. The van der Waals surface area contributed by atoms with E-state index in [4.69, 9.17) is 4.74 Å². The highest BCUT2D eigenvalue weighted by Crippen LogP contribution is 2.62. The Balaban J connectivity index is 2.69. The molecule has 0 aliphatic heterocycles. The van der Waals surface area contributed by atoms with Gasteiger partial charge in [-0.25, -0.2) is 0 Å². The minimum Gasteiger partial charge on any atom is -0.374 e. The van der Waals surface area contributed by atoms with Crippen LogP contribution in [0.25, 0.3) is 0 Å². The first-order chi connectivity index (χ1) is 18.5. The van der Waals surface area contributed by atoms with Crippen LogP contribution in [0.1, 0.15) is 145 Å². The highest BCUT2D eigenvalue weighted by molar-refractivity contribution is 5.32.